The van der Waals surface area contributed by atoms with Gasteiger partial charge in [0.25, 0.3) is 17.7 Å². The number of nitrogens with one attached hydrogen (secondary N) is 2. The lowest BCUT2D eigenvalue weighted by molar-refractivity contribution is -0.120. The van der Waals surface area contributed by atoms with E-state index < -0.39 is 23.5 Å². The maximum atomic E-state index is 13.3. The lowest BCUT2D eigenvalue weighted by atomic mass is 10.2. The third-order valence-corrected chi connectivity index (χ3v) is 5.97. The predicted molar refractivity (Wildman–Crippen MR) is 131 cm³/mol. The summed E-state index contributed by atoms with van der Waals surface area (Å²) >= 11 is 24.0. The lowest BCUT2D eigenvalue weighted by Crippen LogP contribution is -2.32. The van der Waals surface area contributed by atoms with Gasteiger partial charge in [0, 0.05) is 22.0 Å². The molecule has 34 heavy (non-hydrogen) atoms. The Morgan fingerprint density at radius 3 is 2.15 bits per heavy atom. The van der Waals surface area contributed by atoms with Gasteiger partial charge >= 0.3 is 0 Å². The molecule has 0 atom stereocenters. The minimum Gasteiger partial charge on any atom is -0.350 e. The quantitative estimate of drug-likeness (QED) is 0.365. The largest absolute Gasteiger partial charge is 0.350 e. The van der Waals surface area contributed by atoms with Crippen molar-refractivity contribution in [3.05, 3.63) is 97.8 Å². The van der Waals surface area contributed by atoms with Crippen LogP contribution in [0.3, 0.4) is 0 Å². The van der Waals surface area contributed by atoms with Gasteiger partial charge in [0.1, 0.15) is 16.5 Å². The molecule has 0 saturated carbocycles. The number of hydrogen-bond donors (Lipinski definition) is 2. The Hall–Kier alpha value is -3.10. The number of hydrogen-bond acceptors (Lipinski definition) is 4. The third-order valence-electron chi connectivity index (χ3n) is 4.77. The van der Waals surface area contributed by atoms with Crippen LogP contribution in [0.2, 0.25) is 15.1 Å². The normalized spacial score (nSPS) is 13.5. The van der Waals surface area contributed by atoms with Crippen LogP contribution in [0.25, 0.3) is 0 Å². The maximum absolute atomic E-state index is 13.3. The van der Waals surface area contributed by atoms with Crippen molar-refractivity contribution in [2.24, 2.45) is 0 Å². The minimum atomic E-state index is -0.757. The summed E-state index contributed by atoms with van der Waals surface area (Å²) in [7, 11) is 0. The van der Waals surface area contributed by atoms with E-state index >= 15 is 0 Å². The fourth-order valence-corrected chi connectivity index (χ4v) is 3.88. The van der Waals surface area contributed by atoms with E-state index in [4.69, 9.17) is 46.4 Å². The molecule has 0 fully saturated rings. The molecule has 3 aromatic rings. The average molecular weight is 539 g/mol. The van der Waals surface area contributed by atoms with Crippen LogP contribution in [-0.4, -0.2) is 17.7 Å². The van der Waals surface area contributed by atoms with Gasteiger partial charge < -0.3 is 10.6 Å². The number of imide groups is 1. The van der Waals surface area contributed by atoms with E-state index in [0.29, 0.717) is 11.4 Å². The van der Waals surface area contributed by atoms with E-state index in [1.54, 1.807) is 0 Å². The first kappa shape index (κ1) is 24.0. The molecule has 0 spiro atoms. The molecule has 1 aliphatic heterocycles. The van der Waals surface area contributed by atoms with Gasteiger partial charge in [-0.15, -0.1) is 0 Å². The summed E-state index contributed by atoms with van der Waals surface area (Å²) in [6, 6.07) is 14.2. The van der Waals surface area contributed by atoms with Crippen LogP contribution in [0, 0.1) is 5.82 Å². The molecule has 0 saturated heterocycles. The summed E-state index contributed by atoms with van der Waals surface area (Å²) in [6.07, 6.45) is 0. The van der Waals surface area contributed by atoms with Crippen LogP contribution in [0.1, 0.15) is 10.4 Å². The standard InChI is InChI=1S/C23H12Cl4FN3O3/c24-12-3-7-15(25)18(9-12)31-22(33)19(27)20(23(31)34)29-13-4-1-11(2-5-13)21(32)30-14-6-8-17(28)16(26)10-14/h1-10,29H,(H,30,32). The second-order valence-corrected chi connectivity index (χ2v) is 8.64. The number of rotatable bonds is 5. The highest BCUT2D eigenvalue weighted by atomic mass is 35.5. The second kappa shape index (κ2) is 9.64. The van der Waals surface area contributed by atoms with Crippen molar-refractivity contribution in [1.29, 1.82) is 0 Å². The van der Waals surface area contributed by atoms with E-state index in [2.05, 4.69) is 10.6 Å². The fraction of sp³-hybridized carbons (Fsp3) is 0. The monoisotopic (exact) mass is 537 g/mol. The molecule has 6 nitrogen and oxygen atoms in total. The molecule has 4 rings (SSSR count). The number of carbonyl (C=O) groups excluding carboxylic acids is 3. The smallest absolute Gasteiger partial charge is 0.283 e. The Labute approximate surface area is 212 Å². The average Bonchev–Trinajstić information content (AvgIpc) is 3.01. The summed E-state index contributed by atoms with van der Waals surface area (Å²) in [4.78, 5) is 38.8. The van der Waals surface area contributed by atoms with E-state index in [1.807, 2.05) is 0 Å². The summed E-state index contributed by atoms with van der Waals surface area (Å²) in [5.41, 5.74) is 0.959. The highest BCUT2D eigenvalue weighted by Gasteiger charge is 2.40. The van der Waals surface area contributed by atoms with E-state index in [0.717, 1.165) is 11.0 Å². The minimum absolute atomic E-state index is 0.104. The molecule has 0 bridgehead atoms. The molecular formula is C23H12Cl4FN3O3. The van der Waals surface area contributed by atoms with E-state index in [9.17, 15) is 18.8 Å². The van der Waals surface area contributed by atoms with Gasteiger partial charge in [0.2, 0.25) is 0 Å². The van der Waals surface area contributed by atoms with Gasteiger partial charge in [0.15, 0.2) is 0 Å². The van der Waals surface area contributed by atoms with Gasteiger partial charge in [0.05, 0.1) is 15.7 Å². The number of halogens is 5. The van der Waals surface area contributed by atoms with Crippen molar-refractivity contribution in [1.82, 2.24) is 0 Å². The summed E-state index contributed by atoms with van der Waals surface area (Å²) in [6.45, 7) is 0. The lowest BCUT2D eigenvalue weighted by Gasteiger charge is -2.17. The highest BCUT2D eigenvalue weighted by Crippen LogP contribution is 2.35. The molecule has 1 aliphatic rings. The Balaban J connectivity index is 1.50. The van der Waals surface area contributed by atoms with Gasteiger partial charge in [-0.2, -0.15) is 0 Å². The van der Waals surface area contributed by atoms with Crippen LogP contribution in [0.4, 0.5) is 21.5 Å². The number of nitrogens with zero attached hydrogens (tertiary/aromatic N) is 1. The molecule has 2 N–H and O–H groups in total. The van der Waals surface area contributed by atoms with Crippen molar-refractivity contribution in [2.45, 2.75) is 0 Å². The fourth-order valence-electron chi connectivity index (χ4n) is 3.11. The van der Waals surface area contributed by atoms with Crippen molar-refractivity contribution in [3.8, 4) is 0 Å². The van der Waals surface area contributed by atoms with Crippen molar-refractivity contribution >= 4 is 81.2 Å². The number of anilines is 3. The van der Waals surface area contributed by atoms with Crippen LogP contribution >= 0.6 is 46.4 Å². The second-order valence-electron chi connectivity index (χ2n) is 7.02. The van der Waals surface area contributed by atoms with Gasteiger partial charge in [-0.3, -0.25) is 14.4 Å². The molecular weight excluding hydrogens is 527 g/mol. The zero-order valence-electron chi connectivity index (χ0n) is 16.8. The first-order chi connectivity index (χ1) is 16.2. The van der Waals surface area contributed by atoms with Crippen molar-refractivity contribution in [3.63, 3.8) is 0 Å². The number of amides is 3. The molecule has 1 heterocycles. The molecule has 0 aromatic heterocycles. The SMILES string of the molecule is O=C(Nc1ccc(F)c(Cl)c1)c1ccc(NC2=C(Cl)C(=O)N(c3cc(Cl)ccc3Cl)C2=O)cc1. The van der Waals surface area contributed by atoms with Crippen LogP contribution in [0.15, 0.2) is 71.4 Å². The molecule has 0 unspecified atom stereocenters. The topological polar surface area (TPSA) is 78.5 Å². The predicted octanol–water partition coefficient (Wildman–Crippen LogP) is 6.47. The third kappa shape index (κ3) is 4.74. The van der Waals surface area contributed by atoms with Crippen LogP contribution in [-0.2, 0) is 9.59 Å². The Bertz CT molecular complexity index is 1380. The van der Waals surface area contributed by atoms with Crippen LogP contribution in [0.5, 0.6) is 0 Å². The van der Waals surface area contributed by atoms with Gasteiger partial charge in [-0.1, -0.05) is 46.4 Å². The maximum Gasteiger partial charge on any atom is 0.283 e. The van der Waals surface area contributed by atoms with E-state index in [1.165, 1.54) is 54.6 Å². The summed E-state index contributed by atoms with van der Waals surface area (Å²) in [5.74, 6) is -2.53. The number of benzene rings is 3. The molecule has 0 radical (unpaired) electrons. The Morgan fingerprint density at radius 1 is 0.794 bits per heavy atom. The number of carbonyl (C=O) groups is 3. The Kier molecular flexibility index (Phi) is 6.81. The van der Waals surface area contributed by atoms with Crippen LogP contribution < -0.4 is 15.5 Å². The van der Waals surface area contributed by atoms with Gasteiger partial charge in [-0.05, 0) is 60.7 Å². The first-order valence-electron chi connectivity index (χ1n) is 9.53. The highest BCUT2D eigenvalue weighted by molar-refractivity contribution is 6.54. The molecule has 3 aromatic carbocycles. The molecule has 0 aliphatic carbocycles. The van der Waals surface area contributed by atoms with Crippen molar-refractivity contribution in [2.75, 3.05) is 15.5 Å². The van der Waals surface area contributed by atoms with Gasteiger partial charge in [-0.25, -0.2) is 9.29 Å². The molecule has 11 heteroatoms. The Morgan fingerprint density at radius 2 is 1.47 bits per heavy atom. The zero-order valence-corrected chi connectivity index (χ0v) is 19.9. The first-order valence-corrected chi connectivity index (χ1v) is 11.0. The summed E-state index contributed by atoms with van der Waals surface area (Å²) < 4.78 is 13.3. The molecule has 3 amide bonds. The zero-order chi connectivity index (χ0) is 24.6. The van der Waals surface area contributed by atoms with Crippen molar-refractivity contribution < 1.29 is 18.8 Å². The van der Waals surface area contributed by atoms with E-state index in [-0.39, 0.29) is 37.0 Å². The summed E-state index contributed by atoms with van der Waals surface area (Å²) in [5, 5.41) is 5.40. The molecule has 172 valence electrons.